The highest BCUT2D eigenvalue weighted by Gasteiger charge is 2.37. The molecule has 0 rings (SSSR count). The molecule has 0 aliphatic rings. The van der Waals surface area contributed by atoms with E-state index in [1.165, 1.54) is 64.2 Å². The van der Waals surface area contributed by atoms with E-state index in [-0.39, 0.29) is 12.8 Å². The van der Waals surface area contributed by atoms with Gasteiger partial charge >= 0.3 is 5.97 Å². The molecule has 0 aromatic heterocycles. The molecule has 0 radical (unpaired) electrons. The summed E-state index contributed by atoms with van der Waals surface area (Å²) < 4.78 is 0. The summed E-state index contributed by atoms with van der Waals surface area (Å²) in [6, 6.07) is 0. The number of carboxylic acids is 1. The lowest BCUT2D eigenvalue weighted by molar-refractivity contribution is -0.163. The van der Waals surface area contributed by atoms with Crippen LogP contribution < -0.4 is 0 Å². The van der Waals surface area contributed by atoms with E-state index in [9.17, 15) is 15.0 Å². The van der Waals surface area contributed by atoms with Crippen molar-refractivity contribution in [2.45, 2.75) is 121 Å². The van der Waals surface area contributed by atoms with Crippen LogP contribution in [0.1, 0.15) is 110 Å². The lowest BCUT2D eigenvalue weighted by Crippen LogP contribution is -2.42. The fourth-order valence-corrected chi connectivity index (χ4v) is 3.36. The van der Waals surface area contributed by atoms with E-state index in [2.05, 4.69) is 6.92 Å². The average Bonchev–Trinajstić information content (AvgIpc) is 2.61. The first-order valence-corrected chi connectivity index (χ1v) is 10.7. The van der Waals surface area contributed by atoms with Crippen molar-refractivity contribution in [1.29, 1.82) is 0 Å². The van der Waals surface area contributed by atoms with Gasteiger partial charge < -0.3 is 20.4 Å². The van der Waals surface area contributed by atoms with Gasteiger partial charge in [-0.05, 0) is 12.8 Å². The van der Waals surface area contributed by atoms with E-state index in [4.69, 9.17) is 10.2 Å². The van der Waals surface area contributed by atoms with Crippen molar-refractivity contribution in [3.8, 4) is 0 Å². The minimum atomic E-state index is -1.93. The number of hydrogen-bond donors (Lipinski definition) is 4. The van der Waals surface area contributed by atoms with Gasteiger partial charge in [0, 0.05) is 6.42 Å². The maximum atomic E-state index is 11.2. The lowest BCUT2D eigenvalue weighted by Gasteiger charge is -2.25. The van der Waals surface area contributed by atoms with Gasteiger partial charge in [0.25, 0.3) is 0 Å². The van der Waals surface area contributed by atoms with E-state index in [1.54, 1.807) is 0 Å². The summed E-state index contributed by atoms with van der Waals surface area (Å²) in [5.74, 6) is -1.32. The Kier molecular flexibility index (Phi) is 16.1. The van der Waals surface area contributed by atoms with Crippen LogP contribution in [0.3, 0.4) is 0 Å². The quantitative estimate of drug-likeness (QED) is 0.251. The van der Waals surface area contributed by atoms with Crippen LogP contribution in [0.2, 0.25) is 0 Å². The molecule has 26 heavy (non-hydrogen) atoms. The summed E-state index contributed by atoms with van der Waals surface area (Å²) in [5.41, 5.74) is -1.93. The maximum absolute atomic E-state index is 11.2. The third kappa shape index (κ3) is 13.5. The first kappa shape index (κ1) is 25.4. The molecular weight excluding hydrogens is 332 g/mol. The molecule has 2 unspecified atom stereocenters. The second-order valence-corrected chi connectivity index (χ2v) is 7.72. The Labute approximate surface area is 159 Å². The maximum Gasteiger partial charge on any atom is 0.335 e. The molecule has 5 nitrogen and oxygen atoms in total. The van der Waals surface area contributed by atoms with Crippen LogP contribution in [0.15, 0.2) is 0 Å². The van der Waals surface area contributed by atoms with Gasteiger partial charge in [0.2, 0.25) is 0 Å². The monoisotopic (exact) mass is 374 g/mol. The number of carboxylic acid groups (broad SMARTS) is 1. The Morgan fingerprint density at radius 3 is 1.54 bits per heavy atom. The number of aliphatic hydroxyl groups is 3. The first-order chi connectivity index (χ1) is 12.5. The first-order valence-electron chi connectivity index (χ1n) is 10.7. The van der Waals surface area contributed by atoms with Crippen LogP contribution in [-0.2, 0) is 4.79 Å². The standard InChI is InChI=1S/C21H42O5/c1-2-3-4-5-6-7-8-9-10-11-12-13-14-15-16-21(26,20(24)25)17-19(23)18-22/h19,22-23,26H,2-18H2,1H3,(H,24,25). The Hall–Kier alpha value is -0.650. The topological polar surface area (TPSA) is 98.0 Å². The fourth-order valence-electron chi connectivity index (χ4n) is 3.36. The van der Waals surface area contributed by atoms with E-state index < -0.39 is 24.3 Å². The van der Waals surface area contributed by atoms with E-state index in [0.29, 0.717) is 6.42 Å². The van der Waals surface area contributed by atoms with E-state index in [0.717, 1.165) is 19.3 Å². The normalized spacial score (nSPS) is 14.9. The number of aliphatic carboxylic acids is 1. The summed E-state index contributed by atoms with van der Waals surface area (Å²) in [6.07, 6.45) is 15.6. The SMILES string of the molecule is CCCCCCCCCCCCCCCCC(O)(CC(O)CO)C(=O)O. The van der Waals surface area contributed by atoms with Gasteiger partial charge in [0.1, 0.15) is 0 Å². The Balaban J connectivity index is 3.52. The zero-order valence-electron chi connectivity index (χ0n) is 16.8. The van der Waals surface area contributed by atoms with Crippen molar-refractivity contribution in [1.82, 2.24) is 0 Å². The zero-order chi connectivity index (χ0) is 19.7. The highest BCUT2D eigenvalue weighted by atomic mass is 16.4. The smallest absolute Gasteiger partial charge is 0.335 e. The fraction of sp³-hybridized carbons (Fsp3) is 0.952. The summed E-state index contributed by atoms with van der Waals surface area (Å²) in [7, 11) is 0. The van der Waals surface area contributed by atoms with Crippen LogP contribution in [0.25, 0.3) is 0 Å². The second-order valence-electron chi connectivity index (χ2n) is 7.72. The van der Waals surface area contributed by atoms with Gasteiger partial charge in [0.15, 0.2) is 5.60 Å². The summed E-state index contributed by atoms with van der Waals surface area (Å²) >= 11 is 0. The van der Waals surface area contributed by atoms with Crippen LogP contribution in [0.4, 0.5) is 0 Å². The molecule has 0 aromatic carbocycles. The minimum Gasteiger partial charge on any atom is -0.479 e. The molecule has 0 spiro atoms. The van der Waals surface area contributed by atoms with Crippen molar-refractivity contribution in [3.05, 3.63) is 0 Å². The molecule has 0 aliphatic heterocycles. The molecule has 0 fully saturated rings. The van der Waals surface area contributed by atoms with Gasteiger partial charge in [-0.3, -0.25) is 0 Å². The third-order valence-electron chi connectivity index (χ3n) is 5.13. The summed E-state index contributed by atoms with van der Waals surface area (Å²) in [4.78, 5) is 11.2. The van der Waals surface area contributed by atoms with E-state index in [1.807, 2.05) is 0 Å². The second kappa shape index (κ2) is 16.5. The Morgan fingerprint density at radius 2 is 1.19 bits per heavy atom. The molecule has 156 valence electrons. The van der Waals surface area contributed by atoms with Crippen molar-refractivity contribution in [2.75, 3.05) is 6.61 Å². The molecule has 0 saturated heterocycles. The number of rotatable bonds is 19. The number of unbranched alkanes of at least 4 members (excludes halogenated alkanes) is 13. The molecule has 0 bridgehead atoms. The van der Waals surface area contributed by atoms with Gasteiger partial charge in [-0.2, -0.15) is 0 Å². The molecular formula is C21H42O5. The van der Waals surface area contributed by atoms with Crippen molar-refractivity contribution >= 4 is 5.97 Å². The summed E-state index contributed by atoms with van der Waals surface area (Å²) in [5, 5.41) is 37.5. The van der Waals surface area contributed by atoms with Gasteiger partial charge in [0.05, 0.1) is 12.7 Å². The number of carbonyl (C=O) groups is 1. The largest absolute Gasteiger partial charge is 0.479 e. The highest BCUT2D eigenvalue weighted by molar-refractivity contribution is 5.77. The lowest BCUT2D eigenvalue weighted by atomic mass is 9.90. The average molecular weight is 375 g/mol. The zero-order valence-corrected chi connectivity index (χ0v) is 16.8. The Morgan fingerprint density at radius 1 is 0.808 bits per heavy atom. The van der Waals surface area contributed by atoms with Crippen molar-refractivity contribution < 1.29 is 25.2 Å². The van der Waals surface area contributed by atoms with E-state index >= 15 is 0 Å². The van der Waals surface area contributed by atoms with Gasteiger partial charge in [-0.15, -0.1) is 0 Å². The van der Waals surface area contributed by atoms with Crippen LogP contribution in [-0.4, -0.2) is 44.7 Å². The van der Waals surface area contributed by atoms with Crippen molar-refractivity contribution in [2.24, 2.45) is 0 Å². The molecule has 0 aromatic rings. The number of hydrogen-bond acceptors (Lipinski definition) is 4. The molecule has 4 N–H and O–H groups in total. The van der Waals surface area contributed by atoms with Crippen LogP contribution in [0.5, 0.6) is 0 Å². The predicted octanol–water partition coefficient (Wildman–Crippen LogP) is 4.42. The molecule has 0 saturated carbocycles. The number of aliphatic hydroxyl groups excluding tert-OH is 2. The molecule has 0 heterocycles. The molecule has 2 atom stereocenters. The molecule has 0 aliphatic carbocycles. The molecule has 5 heteroatoms. The van der Waals surface area contributed by atoms with Crippen LogP contribution in [0, 0.1) is 0 Å². The highest BCUT2D eigenvalue weighted by Crippen LogP contribution is 2.22. The van der Waals surface area contributed by atoms with Gasteiger partial charge in [-0.25, -0.2) is 4.79 Å². The van der Waals surface area contributed by atoms with Crippen LogP contribution >= 0.6 is 0 Å². The predicted molar refractivity (Wildman–Crippen MR) is 105 cm³/mol. The van der Waals surface area contributed by atoms with Gasteiger partial charge in [-0.1, -0.05) is 90.4 Å². The molecule has 0 amide bonds. The van der Waals surface area contributed by atoms with Crippen molar-refractivity contribution in [3.63, 3.8) is 0 Å². The third-order valence-corrected chi connectivity index (χ3v) is 5.13. The Bertz CT molecular complexity index is 334. The summed E-state index contributed by atoms with van der Waals surface area (Å²) in [6.45, 7) is 1.71. The minimum absolute atomic E-state index is 0.122.